The topological polar surface area (TPSA) is 77.3 Å². The van der Waals surface area contributed by atoms with Crippen molar-refractivity contribution < 1.29 is 0 Å². The predicted octanol–water partition coefficient (Wildman–Crippen LogP) is 33.4. The number of aromatic nitrogens is 6. The summed E-state index contributed by atoms with van der Waals surface area (Å²) in [6, 6.07) is 141. The van der Waals surface area contributed by atoms with Crippen molar-refractivity contribution in [1.82, 2.24) is 29.9 Å². The van der Waals surface area contributed by atoms with Gasteiger partial charge < -0.3 is 0 Å². The van der Waals surface area contributed by atoms with Crippen LogP contribution in [0.4, 0.5) is 0 Å². The normalized spacial score (nSPS) is 11.8. The molecule has 27 rings (SSSR count). The van der Waals surface area contributed by atoms with Gasteiger partial charge in [-0.2, -0.15) is 0 Å². The van der Waals surface area contributed by atoms with Crippen LogP contribution in [0, 0.1) is 0 Å². The van der Waals surface area contributed by atoms with Crippen LogP contribution in [0.2, 0.25) is 0 Å². The maximum atomic E-state index is 4.71. The van der Waals surface area contributed by atoms with Crippen LogP contribution in [0.5, 0.6) is 0 Å². The average molecular weight is 1670 g/mol. The van der Waals surface area contributed by atoms with E-state index in [4.69, 9.17) is 15.0 Å². The first-order valence-electron chi connectivity index (χ1n) is 42.8. The summed E-state index contributed by atoms with van der Waals surface area (Å²) in [7, 11) is 0. The highest BCUT2D eigenvalue weighted by atomic mass is 32.1. The van der Waals surface area contributed by atoms with Gasteiger partial charge in [-0.05, 0) is 223 Å². The van der Waals surface area contributed by atoms with Gasteiger partial charge in [0.1, 0.15) is 0 Å². The van der Waals surface area contributed by atoms with Crippen LogP contribution in [0.25, 0.3) is 258 Å². The van der Waals surface area contributed by atoms with Gasteiger partial charge in [0.25, 0.3) is 0 Å². The van der Waals surface area contributed by atoms with Gasteiger partial charge in [0, 0.05) is 130 Å². The molecule has 0 aliphatic rings. The van der Waals surface area contributed by atoms with Crippen LogP contribution in [0.1, 0.15) is 0 Å². The van der Waals surface area contributed by atoms with Crippen LogP contribution in [-0.4, -0.2) is 29.9 Å². The first-order valence-corrected chi connectivity index (χ1v) is 45.2. The van der Waals surface area contributed by atoms with Gasteiger partial charge in [-0.1, -0.05) is 297 Å². The fourth-order valence-electron chi connectivity index (χ4n) is 19.2. The molecule has 6 heterocycles. The van der Waals surface area contributed by atoms with Crippen molar-refractivity contribution in [1.29, 1.82) is 0 Å². The Morgan fingerprint density at radius 3 is 0.638 bits per heavy atom. The molecule has 127 heavy (non-hydrogen) atoms. The van der Waals surface area contributed by atoms with Crippen molar-refractivity contribution in [2.75, 3.05) is 0 Å². The van der Waals surface area contributed by atoms with E-state index in [0.29, 0.717) is 0 Å². The van der Waals surface area contributed by atoms with Gasteiger partial charge in [0.2, 0.25) is 0 Å². The van der Waals surface area contributed by atoms with Gasteiger partial charge in [-0.3, -0.25) is 29.9 Å². The zero-order valence-corrected chi connectivity index (χ0v) is 70.8. The second kappa shape index (κ2) is 30.6. The van der Waals surface area contributed by atoms with Crippen molar-refractivity contribution in [3.05, 3.63) is 425 Å². The molecule has 0 atom stereocenters. The molecule has 9 heteroatoms. The molecule has 6 aromatic heterocycles. The van der Waals surface area contributed by atoms with Crippen molar-refractivity contribution in [3.8, 4) is 89.0 Å². The monoisotopic (exact) mass is 1670 g/mol. The summed E-state index contributed by atoms with van der Waals surface area (Å²) >= 11 is 5.58. The van der Waals surface area contributed by atoms with Gasteiger partial charge in [-0.25, -0.2) is 0 Å². The number of hydrogen-bond acceptors (Lipinski definition) is 9. The zero-order chi connectivity index (χ0) is 83.6. The van der Waals surface area contributed by atoms with Crippen molar-refractivity contribution in [2.24, 2.45) is 0 Å². The molecule has 0 aliphatic carbocycles. The Hall–Kier alpha value is -15.9. The standard InChI is InChI=1S/2C40H24N2S.C38H22N2S/c1-2-10-33-31(8-1)35-23-29(16-18-34(35)40-39(33)41-20-21-42-40)26-14-12-25(13-15-26)27-6-5-7-28(22-27)30-17-19-38-36(24-30)32-9-3-4-11-37(32)43-38;1-2-7-33-31(5-1)35-23-29(17-19-34(35)40-39(33)41-21-22-42-40)27-13-9-25(10-14-27)26-11-15-28(16-12-26)30-18-20-38-36(24-30)32-6-3-4-8-37(32)43-38;1-2-7-31-29(5-1)33-21-26(13-15-32(33)38-37(31)39-17-18-40-38)24-11-9-23-10-12-25(20-28(23)19-24)27-14-16-36-34(22-27)30-6-3-4-8-35(30)41-36/h2*1-24H;1-22H. The molecule has 0 radical (unpaired) electrons. The Morgan fingerprint density at radius 1 is 0.118 bits per heavy atom. The lowest BCUT2D eigenvalue weighted by atomic mass is 9.94. The summed E-state index contributed by atoms with van der Waals surface area (Å²) in [5.74, 6) is 0. The van der Waals surface area contributed by atoms with Crippen LogP contribution >= 0.6 is 34.0 Å². The SMILES string of the molecule is c1cc(-c2ccc(-c3ccc4c(c3)c3ccccc3c3nccnc43)cc2)cc(-c2ccc3sc4ccccc4c3c2)c1.c1ccc2c(c1)sc1ccc(-c3ccc(-c4ccc(-c5ccc6c(c5)c5ccccc5c5nccnc65)cc4)cc3)cc12.c1ccc2c(c1)sc1ccc(-c3ccc4ccc(-c5ccc6c(c5)c5ccccc5c5nccnc65)cc4c3)cc12. The van der Waals surface area contributed by atoms with E-state index in [1.165, 1.54) is 193 Å². The first kappa shape index (κ1) is 73.8. The summed E-state index contributed by atoms with van der Waals surface area (Å²) in [5.41, 5.74) is 25.2. The molecule has 0 bridgehead atoms. The highest BCUT2D eigenvalue weighted by molar-refractivity contribution is 7.26. The van der Waals surface area contributed by atoms with Gasteiger partial charge in [-0.15, -0.1) is 34.0 Å². The smallest absolute Gasteiger partial charge is 0.0971 e. The number of fused-ring (bicyclic) bond motifs is 28. The second-order valence-corrected chi connectivity index (χ2v) is 35.9. The van der Waals surface area contributed by atoms with Crippen molar-refractivity contribution >= 4 is 203 Å². The van der Waals surface area contributed by atoms with Crippen molar-refractivity contribution in [2.45, 2.75) is 0 Å². The van der Waals surface area contributed by atoms with E-state index < -0.39 is 0 Å². The molecular weight excluding hydrogens is 1600 g/mol. The molecule has 27 aromatic rings. The third-order valence-electron chi connectivity index (χ3n) is 25.5. The summed E-state index contributed by atoms with van der Waals surface area (Å²) in [6.07, 6.45) is 10.7. The number of rotatable bonds is 8. The summed E-state index contributed by atoms with van der Waals surface area (Å²) in [4.78, 5) is 28.1. The Bertz CT molecular complexity index is 9060. The lowest BCUT2D eigenvalue weighted by molar-refractivity contribution is 1.31. The third kappa shape index (κ3) is 13.0. The summed E-state index contributed by atoms with van der Waals surface area (Å²) in [5, 5.41) is 24.5. The molecule has 0 amide bonds. The van der Waals surface area contributed by atoms with Crippen LogP contribution < -0.4 is 0 Å². The van der Waals surface area contributed by atoms with Gasteiger partial charge in [0.15, 0.2) is 0 Å². The minimum Gasteiger partial charge on any atom is -0.252 e. The number of nitrogens with zero attached hydrogens (tertiary/aromatic N) is 6. The van der Waals surface area contributed by atoms with E-state index in [-0.39, 0.29) is 0 Å². The summed E-state index contributed by atoms with van der Waals surface area (Å²) in [6.45, 7) is 0. The van der Waals surface area contributed by atoms with E-state index in [9.17, 15) is 0 Å². The number of hydrogen-bond donors (Lipinski definition) is 0. The Kier molecular flexibility index (Phi) is 17.8. The van der Waals surface area contributed by atoms with E-state index in [1.54, 1.807) is 37.2 Å². The Morgan fingerprint density at radius 2 is 0.323 bits per heavy atom. The minimum atomic E-state index is 0.948. The molecule has 590 valence electrons. The largest absolute Gasteiger partial charge is 0.252 e. The molecule has 0 aliphatic heterocycles. The lowest BCUT2D eigenvalue weighted by Gasteiger charge is -2.11. The fourth-order valence-corrected chi connectivity index (χ4v) is 22.5. The van der Waals surface area contributed by atoms with E-state index >= 15 is 0 Å². The molecule has 0 N–H and O–H groups in total. The minimum absolute atomic E-state index is 0.948. The van der Waals surface area contributed by atoms with Crippen LogP contribution in [-0.2, 0) is 0 Å². The molecule has 0 spiro atoms. The van der Waals surface area contributed by atoms with E-state index in [2.05, 4.69) is 403 Å². The molecule has 0 saturated heterocycles. The molecule has 0 fully saturated rings. The average Bonchev–Trinajstić information content (AvgIpc) is 1.68. The first-order chi connectivity index (χ1) is 62.9. The quantitative estimate of drug-likeness (QED) is 0.141. The maximum absolute atomic E-state index is 4.71. The Labute approximate surface area is 741 Å². The molecule has 6 nitrogen and oxygen atoms in total. The van der Waals surface area contributed by atoms with Crippen LogP contribution in [0.15, 0.2) is 425 Å². The predicted molar refractivity (Wildman–Crippen MR) is 543 cm³/mol. The highest BCUT2D eigenvalue weighted by Crippen LogP contribution is 2.45. The molecular formula is C118H70N6S3. The maximum Gasteiger partial charge on any atom is 0.0971 e. The highest BCUT2D eigenvalue weighted by Gasteiger charge is 2.19. The van der Waals surface area contributed by atoms with Gasteiger partial charge in [0.05, 0.1) is 33.1 Å². The van der Waals surface area contributed by atoms with Crippen LogP contribution in [0.3, 0.4) is 0 Å². The number of thiophene rings is 3. The number of benzene rings is 21. The second-order valence-electron chi connectivity index (χ2n) is 32.7. The molecule has 21 aromatic carbocycles. The summed E-state index contributed by atoms with van der Waals surface area (Å²) < 4.78 is 8.02. The Balaban J connectivity index is 0.000000104. The fraction of sp³-hybridized carbons (Fsp3) is 0. The van der Waals surface area contributed by atoms with E-state index in [0.717, 1.165) is 65.4 Å². The lowest BCUT2D eigenvalue weighted by Crippen LogP contribution is -1.89. The third-order valence-corrected chi connectivity index (χ3v) is 28.9. The zero-order valence-electron chi connectivity index (χ0n) is 68.3. The van der Waals surface area contributed by atoms with Gasteiger partial charge >= 0.3 is 0 Å². The molecule has 0 unspecified atom stereocenters. The molecule has 0 saturated carbocycles. The van der Waals surface area contributed by atoms with Crippen molar-refractivity contribution in [3.63, 3.8) is 0 Å². The van der Waals surface area contributed by atoms with E-state index in [1.807, 2.05) is 34.0 Å².